The van der Waals surface area contributed by atoms with Crippen LogP contribution < -0.4 is 5.32 Å². The number of imidazole rings is 1. The number of nitrogens with zero attached hydrogens (tertiary/aromatic N) is 6. The molecule has 9 nitrogen and oxygen atoms in total. The first-order valence-corrected chi connectivity index (χ1v) is 10.3. The normalized spacial score (nSPS) is 19.2. The maximum absolute atomic E-state index is 11.9. The van der Waals surface area contributed by atoms with Crippen LogP contribution in [0.25, 0.3) is 17.0 Å². The number of anilines is 1. The molecule has 1 unspecified atom stereocenters. The monoisotopic (exact) mass is 419 g/mol. The Hall–Kier alpha value is -3.67. The lowest BCUT2D eigenvalue weighted by molar-refractivity contribution is 0.0518. The molecule has 3 aromatic rings. The van der Waals surface area contributed by atoms with E-state index in [-0.39, 0.29) is 23.2 Å². The van der Waals surface area contributed by atoms with Crippen molar-refractivity contribution < 1.29 is 9.90 Å². The van der Waals surface area contributed by atoms with Gasteiger partial charge >= 0.3 is 6.09 Å². The number of piperidine rings is 1. The number of hydrogen-bond acceptors (Lipinski definition) is 6. The summed E-state index contributed by atoms with van der Waals surface area (Å²) in [5.41, 5.74) is 1.80. The number of carboxylic acid groups (broad SMARTS) is 1. The molecule has 4 heterocycles. The van der Waals surface area contributed by atoms with E-state index in [0.29, 0.717) is 23.8 Å². The summed E-state index contributed by atoms with van der Waals surface area (Å²) in [5, 5.41) is 22.7. The third-order valence-electron chi connectivity index (χ3n) is 5.64. The van der Waals surface area contributed by atoms with Gasteiger partial charge in [0.1, 0.15) is 23.2 Å². The SMILES string of the molecule is CC(C)(C)C1[C@H](Nc2cnc(C#N)c(-c3cnc4ccccn34)n2)CCCN1C(=O)O. The summed E-state index contributed by atoms with van der Waals surface area (Å²) in [5.74, 6) is 0.506. The van der Waals surface area contributed by atoms with E-state index in [9.17, 15) is 15.2 Å². The van der Waals surface area contributed by atoms with Crippen molar-refractivity contribution in [3.63, 3.8) is 0 Å². The summed E-state index contributed by atoms with van der Waals surface area (Å²) < 4.78 is 1.86. The molecule has 0 saturated carbocycles. The highest BCUT2D eigenvalue weighted by Gasteiger charge is 2.42. The standard InChI is InChI=1S/C22H25N7O2/c1-22(2,3)20-14(7-6-10-29(20)21(30)31)26-17-13-24-15(11-23)19(27-17)16-12-25-18-8-4-5-9-28(16)18/h4-5,8-9,12-14,20H,6-7,10H2,1-3H3,(H,26,27)(H,30,31)/t14-,20?/m1/s1. The number of pyridine rings is 1. The van der Waals surface area contributed by atoms with Crippen molar-refractivity contribution in [2.75, 3.05) is 11.9 Å². The Labute approximate surface area is 180 Å². The fraction of sp³-hybridized carbons (Fsp3) is 0.409. The van der Waals surface area contributed by atoms with Crippen LogP contribution in [0.5, 0.6) is 0 Å². The van der Waals surface area contributed by atoms with E-state index in [0.717, 1.165) is 18.5 Å². The minimum Gasteiger partial charge on any atom is -0.465 e. The average Bonchev–Trinajstić information content (AvgIpc) is 3.16. The maximum atomic E-state index is 11.9. The molecule has 9 heteroatoms. The predicted octanol–water partition coefficient (Wildman–Crippen LogP) is 3.63. The van der Waals surface area contributed by atoms with Crippen molar-refractivity contribution in [3.05, 3.63) is 42.5 Å². The highest BCUT2D eigenvalue weighted by Crippen LogP contribution is 2.34. The van der Waals surface area contributed by atoms with Gasteiger partial charge in [-0.1, -0.05) is 26.8 Å². The van der Waals surface area contributed by atoms with Gasteiger partial charge in [0, 0.05) is 18.8 Å². The molecule has 1 aliphatic heterocycles. The Morgan fingerprint density at radius 3 is 2.81 bits per heavy atom. The van der Waals surface area contributed by atoms with Crippen LogP contribution in [0, 0.1) is 16.7 Å². The van der Waals surface area contributed by atoms with Crippen molar-refractivity contribution >= 4 is 17.6 Å². The number of nitrogens with one attached hydrogen (secondary N) is 1. The zero-order valence-corrected chi connectivity index (χ0v) is 17.8. The number of rotatable bonds is 3. The van der Waals surface area contributed by atoms with Gasteiger partial charge in [-0.3, -0.25) is 4.40 Å². The van der Waals surface area contributed by atoms with Crippen molar-refractivity contribution in [1.29, 1.82) is 5.26 Å². The summed E-state index contributed by atoms with van der Waals surface area (Å²) in [7, 11) is 0. The largest absolute Gasteiger partial charge is 0.465 e. The summed E-state index contributed by atoms with van der Waals surface area (Å²) in [4.78, 5) is 26.8. The average molecular weight is 419 g/mol. The number of amides is 1. The third kappa shape index (κ3) is 3.89. The molecule has 3 aromatic heterocycles. The van der Waals surface area contributed by atoms with Crippen LogP contribution in [0.3, 0.4) is 0 Å². The molecule has 0 aromatic carbocycles. The molecule has 1 aliphatic rings. The van der Waals surface area contributed by atoms with Crippen LogP contribution in [-0.2, 0) is 0 Å². The van der Waals surface area contributed by atoms with Crippen molar-refractivity contribution in [2.45, 2.75) is 45.7 Å². The molecule has 0 radical (unpaired) electrons. The molecule has 2 atom stereocenters. The van der Waals surface area contributed by atoms with Gasteiger partial charge in [-0.2, -0.15) is 5.26 Å². The van der Waals surface area contributed by atoms with E-state index >= 15 is 0 Å². The first kappa shape index (κ1) is 20.6. The first-order valence-electron chi connectivity index (χ1n) is 10.3. The zero-order chi connectivity index (χ0) is 22.2. The molecular formula is C22H25N7O2. The second kappa shape index (κ2) is 7.87. The van der Waals surface area contributed by atoms with Crippen molar-refractivity contribution in [2.24, 2.45) is 5.41 Å². The lowest BCUT2D eigenvalue weighted by Crippen LogP contribution is -2.58. The van der Waals surface area contributed by atoms with Gasteiger partial charge in [0.15, 0.2) is 5.69 Å². The molecule has 1 amide bonds. The van der Waals surface area contributed by atoms with Gasteiger partial charge in [-0.05, 0) is 30.4 Å². The Kier molecular flexibility index (Phi) is 5.23. The quantitative estimate of drug-likeness (QED) is 0.665. The fourth-order valence-corrected chi connectivity index (χ4v) is 4.45. The Morgan fingerprint density at radius 1 is 1.29 bits per heavy atom. The predicted molar refractivity (Wildman–Crippen MR) is 116 cm³/mol. The van der Waals surface area contributed by atoms with E-state index in [4.69, 9.17) is 4.98 Å². The second-order valence-corrected chi connectivity index (χ2v) is 8.82. The number of carbonyl (C=O) groups is 1. The molecule has 4 rings (SSSR count). The van der Waals surface area contributed by atoms with E-state index in [1.807, 2.05) is 49.6 Å². The second-order valence-electron chi connectivity index (χ2n) is 8.82. The number of likely N-dealkylation sites (tertiary alicyclic amines) is 1. The summed E-state index contributed by atoms with van der Waals surface area (Å²) >= 11 is 0. The van der Waals surface area contributed by atoms with Crippen LogP contribution in [0.15, 0.2) is 36.8 Å². The van der Waals surface area contributed by atoms with Crippen LogP contribution in [0.1, 0.15) is 39.3 Å². The Morgan fingerprint density at radius 2 is 2.10 bits per heavy atom. The Bertz CT molecular complexity index is 1160. The fourth-order valence-electron chi connectivity index (χ4n) is 4.45. The molecule has 0 aliphatic carbocycles. The van der Waals surface area contributed by atoms with E-state index < -0.39 is 6.09 Å². The van der Waals surface area contributed by atoms with Gasteiger partial charge in [-0.15, -0.1) is 0 Å². The number of aromatic nitrogens is 4. The van der Waals surface area contributed by atoms with Crippen molar-refractivity contribution in [1.82, 2.24) is 24.3 Å². The highest BCUT2D eigenvalue weighted by molar-refractivity contribution is 5.67. The van der Waals surface area contributed by atoms with Gasteiger partial charge in [0.25, 0.3) is 0 Å². The van der Waals surface area contributed by atoms with E-state index in [2.05, 4.69) is 21.4 Å². The van der Waals surface area contributed by atoms with Gasteiger partial charge in [0.2, 0.25) is 0 Å². The Balaban J connectivity index is 1.72. The lowest BCUT2D eigenvalue weighted by Gasteiger charge is -2.47. The zero-order valence-electron chi connectivity index (χ0n) is 17.8. The van der Waals surface area contributed by atoms with Crippen LogP contribution in [-0.4, -0.2) is 54.1 Å². The summed E-state index contributed by atoms with van der Waals surface area (Å²) in [6.07, 6.45) is 5.74. The minimum absolute atomic E-state index is 0.123. The molecule has 0 bridgehead atoms. The lowest BCUT2D eigenvalue weighted by atomic mass is 9.77. The van der Waals surface area contributed by atoms with E-state index in [1.54, 1.807) is 6.20 Å². The van der Waals surface area contributed by atoms with E-state index in [1.165, 1.54) is 11.1 Å². The molecule has 31 heavy (non-hydrogen) atoms. The third-order valence-corrected chi connectivity index (χ3v) is 5.64. The van der Waals surface area contributed by atoms with Gasteiger partial charge in [-0.25, -0.2) is 19.7 Å². The van der Waals surface area contributed by atoms with Crippen LogP contribution in [0.4, 0.5) is 10.6 Å². The van der Waals surface area contributed by atoms with Gasteiger partial charge < -0.3 is 15.3 Å². The minimum atomic E-state index is -0.913. The molecule has 160 valence electrons. The van der Waals surface area contributed by atoms with Gasteiger partial charge in [0.05, 0.1) is 24.1 Å². The smallest absolute Gasteiger partial charge is 0.407 e. The number of fused-ring (bicyclic) bond motifs is 1. The molecule has 1 fully saturated rings. The van der Waals surface area contributed by atoms with Crippen LogP contribution in [0.2, 0.25) is 0 Å². The summed E-state index contributed by atoms with van der Waals surface area (Å²) in [6.45, 7) is 6.65. The molecule has 0 spiro atoms. The van der Waals surface area contributed by atoms with Crippen LogP contribution >= 0.6 is 0 Å². The molecule has 1 saturated heterocycles. The molecular weight excluding hydrogens is 394 g/mol. The number of hydrogen-bond donors (Lipinski definition) is 2. The summed E-state index contributed by atoms with van der Waals surface area (Å²) in [6, 6.07) is 7.41. The number of nitriles is 1. The topological polar surface area (TPSA) is 119 Å². The molecule has 2 N–H and O–H groups in total. The maximum Gasteiger partial charge on any atom is 0.407 e. The van der Waals surface area contributed by atoms with Crippen molar-refractivity contribution in [3.8, 4) is 17.5 Å². The highest BCUT2D eigenvalue weighted by atomic mass is 16.4. The first-order chi connectivity index (χ1) is 14.8.